The molecule has 0 saturated carbocycles. The smallest absolute Gasteiger partial charge is 0.434 e. The van der Waals surface area contributed by atoms with Crippen LogP contribution < -0.4 is 0 Å². The Kier molecular flexibility index (Phi) is 7.52. The maximum Gasteiger partial charge on any atom is 0.434 e. The van der Waals surface area contributed by atoms with Crippen LogP contribution in [-0.4, -0.2) is 22.7 Å². The molecule has 0 saturated heterocycles. The van der Waals surface area contributed by atoms with Crippen LogP contribution in [0, 0.1) is 5.82 Å². The SMILES string of the molecule is CCOC(=O)c1c(C(F)(F)F)nc(C(F)F)c(C(O)c2ccc(Cl)cc2)c1-c1ccc(F)cc1. The van der Waals surface area contributed by atoms with E-state index in [9.17, 15) is 36.2 Å². The minimum absolute atomic E-state index is 0.00831. The lowest BCUT2D eigenvalue weighted by atomic mass is 9.87. The molecule has 0 spiro atoms. The lowest BCUT2D eigenvalue weighted by molar-refractivity contribution is -0.142. The number of carbonyl (C=O) groups is 1. The third-order valence-electron chi connectivity index (χ3n) is 4.81. The summed E-state index contributed by atoms with van der Waals surface area (Å²) in [5.41, 5.74) is -6.16. The summed E-state index contributed by atoms with van der Waals surface area (Å²) in [4.78, 5) is 15.8. The fourth-order valence-corrected chi connectivity index (χ4v) is 3.52. The van der Waals surface area contributed by atoms with Gasteiger partial charge in [0, 0.05) is 16.1 Å². The van der Waals surface area contributed by atoms with E-state index in [2.05, 4.69) is 4.98 Å². The quantitative estimate of drug-likeness (QED) is 0.298. The number of halogens is 7. The fraction of sp³-hybridized carbons (Fsp3) is 0.217. The van der Waals surface area contributed by atoms with Gasteiger partial charge in [0.05, 0.1) is 12.2 Å². The van der Waals surface area contributed by atoms with Gasteiger partial charge in [-0.15, -0.1) is 0 Å². The van der Waals surface area contributed by atoms with Crippen molar-refractivity contribution in [1.82, 2.24) is 4.98 Å². The average molecular weight is 504 g/mol. The van der Waals surface area contributed by atoms with Gasteiger partial charge in [-0.25, -0.2) is 22.9 Å². The largest absolute Gasteiger partial charge is 0.462 e. The van der Waals surface area contributed by atoms with Gasteiger partial charge in [0.1, 0.15) is 17.6 Å². The van der Waals surface area contributed by atoms with Crippen LogP contribution in [0.2, 0.25) is 5.02 Å². The monoisotopic (exact) mass is 503 g/mol. The number of esters is 1. The van der Waals surface area contributed by atoms with E-state index >= 15 is 0 Å². The van der Waals surface area contributed by atoms with Crippen LogP contribution in [0.25, 0.3) is 11.1 Å². The topological polar surface area (TPSA) is 59.4 Å². The van der Waals surface area contributed by atoms with Gasteiger partial charge >= 0.3 is 12.1 Å². The highest BCUT2D eigenvalue weighted by atomic mass is 35.5. The van der Waals surface area contributed by atoms with Gasteiger partial charge in [0.2, 0.25) is 0 Å². The van der Waals surface area contributed by atoms with E-state index in [1.54, 1.807) is 0 Å². The van der Waals surface area contributed by atoms with Crippen LogP contribution in [0.5, 0.6) is 0 Å². The minimum Gasteiger partial charge on any atom is -0.462 e. The van der Waals surface area contributed by atoms with Crippen LogP contribution in [-0.2, 0) is 10.9 Å². The second kappa shape index (κ2) is 10.0. The predicted octanol–water partition coefficient (Wildman–Crippen LogP) is 6.76. The van der Waals surface area contributed by atoms with Gasteiger partial charge in [-0.3, -0.25) is 0 Å². The van der Waals surface area contributed by atoms with Crippen molar-refractivity contribution in [3.05, 3.63) is 87.4 Å². The summed E-state index contributed by atoms with van der Waals surface area (Å²) in [6.07, 6.45) is -10.8. The number of alkyl halides is 5. The Morgan fingerprint density at radius 3 is 2.18 bits per heavy atom. The molecule has 1 atom stereocenters. The van der Waals surface area contributed by atoms with Crippen molar-refractivity contribution in [2.24, 2.45) is 0 Å². The molecule has 0 aliphatic heterocycles. The molecule has 11 heteroatoms. The van der Waals surface area contributed by atoms with Crippen molar-refractivity contribution in [3.63, 3.8) is 0 Å². The Hall–Kier alpha value is -3.11. The molecule has 34 heavy (non-hydrogen) atoms. The number of ether oxygens (including phenoxy) is 1. The number of hydrogen-bond donors (Lipinski definition) is 1. The van der Waals surface area contributed by atoms with Crippen LogP contribution >= 0.6 is 11.6 Å². The van der Waals surface area contributed by atoms with Gasteiger partial charge in [-0.05, 0) is 42.3 Å². The lowest BCUT2D eigenvalue weighted by Crippen LogP contribution is -2.23. The van der Waals surface area contributed by atoms with Gasteiger partial charge in [-0.2, -0.15) is 13.2 Å². The molecule has 1 unspecified atom stereocenters. The van der Waals surface area contributed by atoms with Crippen molar-refractivity contribution in [2.45, 2.75) is 25.6 Å². The molecule has 180 valence electrons. The maximum atomic E-state index is 14.0. The first kappa shape index (κ1) is 25.5. The van der Waals surface area contributed by atoms with E-state index in [0.717, 1.165) is 24.3 Å². The highest BCUT2D eigenvalue weighted by Gasteiger charge is 2.43. The van der Waals surface area contributed by atoms with Crippen molar-refractivity contribution in [3.8, 4) is 11.1 Å². The number of rotatable bonds is 6. The third-order valence-corrected chi connectivity index (χ3v) is 5.06. The van der Waals surface area contributed by atoms with Crippen LogP contribution in [0.3, 0.4) is 0 Å². The Labute approximate surface area is 194 Å². The van der Waals surface area contributed by atoms with E-state index in [-0.39, 0.29) is 22.8 Å². The van der Waals surface area contributed by atoms with Crippen molar-refractivity contribution < 1.29 is 41.0 Å². The summed E-state index contributed by atoms with van der Waals surface area (Å²) in [6, 6.07) is 8.97. The van der Waals surface area contributed by atoms with Gasteiger partial charge < -0.3 is 9.84 Å². The number of benzene rings is 2. The van der Waals surface area contributed by atoms with Crippen molar-refractivity contribution in [2.75, 3.05) is 6.61 Å². The Bertz CT molecular complexity index is 1180. The Morgan fingerprint density at radius 2 is 1.68 bits per heavy atom. The molecule has 0 amide bonds. The van der Waals surface area contributed by atoms with Gasteiger partial charge in [0.25, 0.3) is 6.43 Å². The van der Waals surface area contributed by atoms with Crippen LogP contribution in [0.1, 0.15) is 52.3 Å². The first-order valence-corrected chi connectivity index (χ1v) is 10.1. The average Bonchev–Trinajstić information content (AvgIpc) is 2.77. The molecule has 0 bridgehead atoms. The van der Waals surface area contributed by atoms with Gasteiger partial charge in [-0.1, -0.05) is 35.9 Å². The number of hydrogen-bond acceptors (Lipinski definition) is 4. The highest BCUT2D eigenvalue weighted by Crippen LogP contribution is 2.44. The zero-order valence-electron chi connectivity index (χ0n) is 17.3. The molecule has 0 aliphatic rings. The highest BCUT2D eigenvalue weighted by molar-refractivity contribution is 6.30. The number of carbonyl (C=O) groups excluding carboxylic acids is 1. The van der Waals surface area contributed by atoms with E-state index in [1.165, 1.54) is 31.2 Å². The molecule has 1 N–H and O–H groups in total. The zero-order valence-corrected chi connectivity index (χ0v) is 18.1. The molecule has 1 aromatic heterocycles. The van der Waals surface area contributed by atoms with Crippen molar-refractivity contribution >= 4 is 17.6 Å². The van der Waals surface area contributed by atoms with E-state index in [0.29, 0.717) is 0 Å². The van der Waals surface area contributed by atoms with E-state index in [1.807, 2.05) is 0 Å². The molecule has 4 nitrogen and oxygen atoms in total. The number of nitrogens with zero attached hydrogens (tertiary/aromatic N) is 1. The van der Waals surface area contributed by atoms with E-state index < -0.39 is 58.6 Å². The number of pyridine rings is 1. The molecule has 0 aliphatic carbocycles. The number of aliphatic hydroxyl groups is 1. The van der Waals surface area contributed by atoms with Crippen LogP contribution in [0.4, 0.5) is 26.3 Å². The maximum absolute atomic E-state index is 14.0. The lowest BCUT2D eigenvalue weighted by Gasteiger charge is -2.24. The summed E-state index contributed by atoms with van der Waals surface area (Å²) in [7, 11) is 0. The molecular weight excluding hydrogens is 488 g/mol. The fourth-order valence-electron chi connectivity index (χ4n) is 3.40. The summed E-state index contributed by atoms with van der Waals surface area (Å²) in [5, 5.41) is 11.3. The third kappa shape index (κ3) is 5.18. The number of aliphatic hydroxyl groups excluding tert-OH is 1. The second-order valence-electron chi connectivity index (χ2n) is 6.99. The molecule has 2 aromatic carbocycles. The summed E-state index contributed by atoms with van der Waals surface area (Å²) in [6.45, 7) is 1.01. The summed E-state index contributed by atoms with van der Waals surface area (Å²) in [5.74, 6) is -2.26. The van der Waals surface area contributed by atoms with Crippen LogP contribution in [0.15, 0.2) is 48.5 Å². The molecule has 3 rings (SSSR count). The molecular formula is C23H16ClF6NO3. The molecule has 3 aromatic rings. The molecule has 0 radical (unpaired) electrons. The zero-order chi connectivity index (χ0) is 25.2. The Balaban J connectivity index is 2.51. The number of aromatic nitrogens is 1. The standard InChI is InChI=1S/C23H16ClF6NO3/c1-2-34-22(33)17-15(11-5-9-14(25)10-6-11)16(19(32)12-3-7-13(24)8-4-12)18(21(26)27)31-20(17)23(28,29)30/h3-10,19,21,32H,2H2,1H3. The second-order valence-corrected chi connectivity index (χ2v) is 7.43. The van der Waals surface area contributed by atoms with E-state index in [4.69, 9.17) is 16.3 Å². The predicted molar refractivity (Wildman–Crippen MR) is 111 cm³/mol. The first-order valence-electron chi connectivity index (χ1n) is 9.75. The normalized spacial score (nSPS) is 12.6. The summed E-state index contributed by atoms with van der Waals surface area (Å²) < 4.78 is 88.1. The van der Waals surface area contributed by atoms with Gasteiger partial charge in [0.15, 0.2) is 5.69 Å². The minimum atomic E-state index is -5.33. The molecule has 1 heterocycles. The first-order chi connectivity index (χ1) is 16.0. The molecule has 0 fully saturated rings. The van der Waals surface area contributed by atoms with Crippen molar-refractivity contribution in [1.29, 1.82) is 0 Å². The summed E-state index contributed by atoms with van der Waals surface area (Å²) >= 11 is 5.82. The Morgan fingerprint density at radius 1 is 1.09 bits per heavy atom.